The first-order valence-corrected chi connectivity index (χ1v) is 12.6. The summed E-state index contributed by atoms with van der Waals surface area (Å²) in [5.74, 6) is 1.51. The summed E-state index contributed by atoms with van der Waals surface area (Å²) in [6.45, 7) is 0.299. The van der Waals surface area contributed by atoms with Gasteiger partial charge in [-0.3, -0.25) is 4.79 Å². The SMILES string of the molecule is O=c1c2ccccc2nc(C2CCCCC2)n1N=Cc1cc(Cl)ccc1OCc1ccccc1Cl. The molecule has 0 aliphatic heterocycles. The summed E-state index contributed by atoms with van der Waals surface area (Å²) in [4.78, 5) is 18.3. The summed E-state index contributed by atoms with van der Waals surface area (Å²) < 4.78 is 7.51. The number of aromatic nitrogens is 2. The van der Waals surface area contributed by atoms with Crippen LogP contribution in [0.25, 0.3) is 10.9 Å². The topological polar surface area (TPSA) is 56.5 Å². The van der Waals surface area contributed by atoms with Crippen molar-refractivity contribution >= 4 is 40.3 Å². The fraction of sp³-hybridized carbons (Fsp3) is 0.250. The molecule has 0 amide bonds. The van der Waals surface area contributed by atoms with Gasteiger partial charge >= 0.3 is 0 Å². The molecule has 7 heteroatoms. The van der Waals surface area contributed by atoms with Crippen molar-refractivity contribution in [1.82, 2.24) is 9.66 Å². The Labute approximate surface area is 214 Å². The summed E-state index contributed by atoms with van der Waals surface area (Å²) in [6, 6.07) is 20.3. The molecule has 5 nitrogen and oxygen atoms in total. The molecule has 4 aromatic rings. The molecule has 0 unspecified atom stereocenters. The van der Waals surface area contributed by atoms with Gasteiger partial charge < -0.3 is 4.74 Å². The van der Waals surface area contributed by atoms with Crippen molar-refractivity contribution in [3.05, 3.63) is 104 Å². The van der Waals surface area contributed by atoms with Gasteiger partial charge in [-0.2, -0.15) is 9.78 Å². The Kier molecular flexibility index (Phi) is 7.16. The van der Waals surface area contributed by atoms with E-state index in [0.29, 0.717) is 44.7 Å². The smallest absolute Gasteiger partial charge is 0.282 e. The highest BCUT2D eigenvalue weighted by Crippen LogP contribution is 2.32. The molecule has 0 bridgehead atoms. The molecule has 0 saturated heterocycles. The number of fused-ring (bicyclic) bond motifs is 1. The van der Waals surface area contributed by atoms with Crippen LogP contribution in [0.1, 0.15) is 55.0 Å². The van der Waals surface area contributed by atoms with Crippen molar-refractivity contribution in [2.75, 3.05) is 0 Å². The standard InChI is InChI=1S/C28H25Cl2N3O2/c29-22-14-15-26(35-18-20-10-4-6-12-24(20)30)21(16-22)17-31-33-27(19-8-2-1-3-9-19)32-25-13-7-5-11-23(25)28(33)34/h4-7,10-17,19H,1-3,8-9,18H2. The Morgan fingerprint density at radius 1 is 1.00 bits per heavy atom. The molecule has 0 atom stereocenters. The molecule has 0 N–H and O–H groups in total. The molecule has 1 aliphatic rings. The van der Waals surface area contributed by atoms with Gasteiger partial charge in [0.1, 0.15) is 18.2 Å². The van der Waals surface area contributed by atoms with Gasteiger partial charge in [-0.25, -0.2) is 4.98 Å². The molecule has 3 aromatic carbocycles. The first-order chi connectivity index (χ1) is 17.1. The molecule has 1 saturated carbocycles. The van der Waals surface area contributed by atoms with Gasteiger partial charge in [-0.05, 0) is 49.2 Å². The minimum atomic E-state index is -0.173. The summed E-state index contributed by atoms with van der Waals surface area (Å²) in [7, 11) is 0. The molecule has 1 fully saturated rings. The predicted octanol–water partition coefficient (Wildman–Crippen LogP) is 7.21. The van der Waals surface area contributed by atoms with Crippen LogP contribution < -0.4 is 10.3 Å². The molecule has 0 spiro atoms. The van der Waals surface area contributed by atoms with Crippen LogP contribution in [0.2, 0.25) is 10.0 Å². The Morgan fingerprint density at radius 2 is 1.77 bits per heavy atom. The number of rotatable bonds is 6. The first-order valence-electron chi connectivity index (χ1n) is 11.8. The lowest BCUT2D eigenvalue weighted by Crippen LogP contribution is -2.25. The summed E-state index contributed by atoms with van der Waals surface area (Å²) in [5, 5.41) is 6.36. The number of para-hydroxylation sites is 1. The quantitative estimate of drug-likeness (QED) is 0.260. The van der Waals surface area contributed by atoms with Crippen LogP contribution in [-0.2, 0) is 6.61 Å². The van der Waals surface area contributed by atoms with Crippen LogP contribution in [0.15, 0.2) is 76.6 Å². The maximum Gasteiger partial charge on any atom is 0.282 e. The zero-order chi connectivity index (χ0) is 24.2. The van der Waals surface area contributed by atoms with E-state index < -0.39 is 0 Å². The lowest BCUT2D eigenvalue weighted by atomic mass is 9.88. The van der Waals surface area contributed by atoms with Crippen LogP contribution in [0.3, 0.4) is 0 Å². The van der Waals surface area contributed by atoms with Crippen molar-refractivity contribution in [2.24, 2.45) is 5.10 Å². The van der Waals surface area contributed by atoms with Crippen molar-refractivity contribution < 1.29 is 4.74 Å². The van der Waals surface area contributed by atoms with Crippen LogP contribution in [0.5, 0.6) is 5.75 Å². The minimum absolute atomic E-state index is 0.173. The van der Waals surface area contributed by atoms with Gasteiger partial charge in [0, 0.05) is 27.1 Å². The maximum absolute atomic E-state index is 13.5. The Morgan fingerprint density at radius 3 is 2.60 bits per heavy atom. The van der Waals surface area contributed by atoms with Gasteiger partial charge in [-0.15, -0.1) is 0 Å². The van der Waals surface area contributed by atoms with E-state index in [9.17, 15) is 4.79 Å². The summed E-state index contributed by atoms with van der Waals surface area (Å²) >= 11 is 12.6. The third kappa shape index (κ3) is 5.26. The molecule has 1 heterocycles. The zero-order valence-corrected chi connectivity index (χ0v) is 20.7. The molecule has 1 aliphatic carbocycles. The largest absolute Gasteiger partial charge is 0.488 e. The van der Waals surface area contributed by atoms with Crippen molar-refractivity contribution in [2.45, 2.75) is 44.6 Å². The van der Waals surface area contributed by atoms with Crippen molar-refractivity contribution in [1.29, 1.82) is 0 Å². The molecule has 35 heavy (non-hydrogen) atoms. The second kappa shape index (κ2) is 10.6. The lowest BCUT2D eigenvalue weighted by molar-refractivity contribution is 0.306. The first kappa shape index (κ1) is 23.6. The second-order valence-electron chi connectivity index (χ2n) is 8.75. The van der Waals surface area contributed by atoms with Crippen molar-refractivity contribution in [3.8, 4) is 5.75 Å². The van der Waals surface area contributed by atoms with E-state index in [1.807, 2.05) is 42.5 Å². The number of hydrogen-bond donors (Lipinski definition) is 0. The van der Waals surface area contributed by atoms with Crippen LogP contribution in [-0.4, -0.2) is 15.9 Å². The van der Waals surface area contributed by atoms with E-state index in [1.165, 1.54) is 11.1 Å². The van der Waals surface area contributed by atoms with Gasteiger partial charge in [0.05, 0.1) is 17.1 Å². The van der Waals surface area contributed by atoms with Crippen molar-refractivity contribution in [3.63, 3.8) is 0 Å². The normalized spacial score (nSPS) is 14.6. The highest BCUT2D eigenvalue weighted by atomic mass is 35.5. The Balaban J connectivity index is 1.53. The average molecular weight is 506 g/mol. The Hall–Kier alpha value is -3.15. The summed E-state index contributed by atoms with van der Waals surface area (Å²) in [6.07, 6.45) is 7.11. The van der Waals surface area contributed by atoms with Gasteiger partial charge in [0.15, 0.2) is 0 Å². The predicted molar refractivity (Wildman–Crippen MR) is 142 cm³/mol. The van der Waals surface area contributed by atoms with Crippen LogP contribution >= 0.6 is 23.2 Å². The highest BCUT2D eigenvalue weighted by Gasteiger charge is 2.22. The fourth-order valence-electron chi connectivity index (χ4n) is 4.52. The highest BCUT2D eigenvalue weighted by molar-refractivity contribution is 6.31. The van der Waals surface area contributed by atoms with Gasteiger partial charge in [0.2, 0.25) is 0 Å². The number of ether oxygens (including phenoxy) is 1. The van der Waals surface area contributed by atoms with E-state index in [1.54, 1.807) is 30.5 Å². The number of hydrogen-bond acceptors (Lipinski definition) is 4. The maximum atomic E-state index is 13.5. The number of nitrogens with zero attached hydrogens (tertiary/aromatic N) is 3. The Bertz CT molecular complexity index is 1440. The summed E-state index contributed by atoms with van der Waals surface area (Å²) in [5.41, 5.74) is 2.07. The molecule has 5 rings (SSSR count). The number of benzene rings is 3. The second-order valence-corrected chi connectivity index (χ2v) is 9.59. The molecular formula is C28H25Cl2N3O2. The van der Waals surface area contributed by atoms with Gasteiger partial charge in [-0.1, -0.05) is 72.8 Å². The van der Waals surface area contributed by atoms with E-state index in [2.05, 4.69) is 5.10 Å². The molecule has 0 radical (unpaired) electrons. The fourth-order valence-corrected chi connectivity index (χ4v) is 4.89. The molecular weight excluding hydrogens is 481 g/mol. The average Bonchev–Trinajstić information content (AvgIpc) is 2.89. The van der Waals surface area contributed by atoms with Crippen LogP contribution in [0, 0.1) is 0 Å². The van der Waals surface area contributed by atoms with E-state index >= 15 is 0 Å². The monoisotopic (exact) mass is 505 g/mol. The number of halogens is 2. The van der Waals surface area contributed by atoms with Crippen LogP contribution in [0.4, 0.5) is 0 Å². The van der Waals surface area contributed by atoms with Gasteiger partial charge in [0.25, 0.3) is 5.56 Å². The third-order valence-corrected chi connectivity index (χ3v) is 6.98. The lowest BCUT2D eigenvalue weighted by Gasteiger charge is -2.22. The van der Waals surface area contributed by atoms with E-state index in [-0.39, 0.29) is 11.5 Å². The third-order valence-electron chi connectivity index (χ3n) is 6.37. The zero-order valence-electron chi connectivity index (χ0n) is 19.2. The van der Waals surface area contributed by atoms with E-state index in [4.69, 9.17) is 32.9 Å². The minimum Gasteiger partial charge on any atom is -0.488 e. The molecule has 178 valence electrons. The molecule has 1 aromatic heterocycles. The van der Waals surface area contributed by atoms with E-state index in [0.717, 1.165) is 31.2 Å².